The third-order valence-electron chi connectivity index (χ3n) is 2.97. The highest BCUT2D eigenvalue weighted by Gasteiger charge is 2.14. The molecule has 2 rings (SSSR count). The van der Waals surface area contributed by atoms with Crippen LogP contribution in [-0.4, -0.2) is 34.1 Å². The molecule has 5 nitrogen and oxygen atoms in total. The first kappa shape index (κ1) is 14.0. The maximum atomic E-state index is 13.6. The van der Waals surface area contributed by atoms with E-state index in [1.807, 2.05) is 6.92 Å². The molecule has 0 saturated heterocycles. The second kappa shape index (κ2) is 6.18. The van der Waals surface area contributed by atoms with Gasteiger partial charge in [0.1, 0.15) is 6.33 Å². The summed E-state index contributed by atoms with van der Waals surface area (Å²) >= 11 is 0. The normalized spacial score (nSPS) is 10.3. The number of methoxy groups -OCH3 is 1. The van der Waals surface area contributed by atoms with Gasteiger partial charge < -0.3 is 9.64 Å². The molecule has 0 aliphatic heterocycles. The van der Waals surface area contributed by atoms with Gasteiger partial charge in [-0.25, -0.2) is 14.2 Å². The van der Waals surface area contributed by atoms with Crippen molar-refractivity contribution in [2.24, 2.45) is 0 Å². The molecule has 0 unspecified atom stereocenters. The van der Waals surface area contributed by atoms with Crippen molar-refractivity contribution in [3.8, 4) is 5.75 Å². The monoisotopic (exact) mass is 277 g/mol. The summed E-state index contributed by atoms with van der Waals surface area (Å²) in [4.78, 5) is 17.6. The summed E-state index contributed by atoms with van der Waals surface area (Å²) in [6.45, 7) is 2.72. The van der Waals surface area contributed by atoms with Crippen LogP contribution in [0.1, 0.15) is 12.5 Å². The third-order valence-corrected chi connectivity index (χ3v) is 2.97. The van der Waals surface area contributed by atoms with Crippen LogP contribution in [0.4, 0.5) is 9.18 Å². The lowest BCUT2D eigenvalue weighted by atomic mass is 10.2. The van der Waals surface area contributed by atoms with Crippen LogP contribution in [0.2, 0.25) is 0 Å². The first-order valence-corrected chi connectivity index (χ1v) is 6.25. The Morgan fingerprint density at radius 2 is 2.30 bits per heavy atom. The van der Waals surface area contributed by atoms with Crippen molar-refractivity contribution in [2.75, 3.05) is 13.7 Å². The zero-order valence-corrected chi connectivity index (χ0v) is 11.4. The van der Waals surface area contributed by atoms with Crippen LogP contribution in [-0.2, 0) is 6.54 Å². The molecule has 0 aliphatic carbocycles. The Morgan fingerprint density at radius 1 is 1.50 bits per heavy atom. The van der Waals surface area contributed by atoms with Gasteiger partial charge in [0, 0.05) is 25.5 Å². The van der Waals surface area contributed by atoms with Crippen LogP contribution in [0, 0.1) is 5.82 Å². The number of ether oxygens (including phenoxy) is 1. The maximum Gasteiger partial charge on any atom is 0.329 e. The standard InChI is InChI=1S/C14H16FN3O2/c1-3-17(14(19)18-7-6-16-10-18)9-11-4-5-13(20-2)12(15)8-11/h4-8,10H,3,9H2,1-2H3. The van der Waals surface area contributed by atoms with E-state index in [1.165, 1.54) is 24.1 Å². The minimum Gasteiger partial charge on any atom is -0.494 e. The molecule has 1 aromatic carbocycles. The van der Waals surface area contributed by atoms with Crippen molar-refractivity contribution in [3.63, 3.8) is 0 Å². The first-order valence-electron chi connectivity index (χ1n) is 6.25. The highest BCUT2D eigenvalue weighted by Crippen LogP contribution is 2.18. The molecule has 1 aromatic heterocycles. The van der Waals surface area contributed by atoms with Gasteiger partial charge in [-0.05, 0) is 24.6 Å². The Bertz CT molecular complexity index is 584. The van der Waals surface area contributed by atoms with E-state index in [0.29, 0.717) is 18.7 Å². The summed E-state index contributed by atoms with van der Waals surface area (Å²) < 4.78 is 19.9. The van der Waals surface area contributed by atoms with E-state index in [0.717, 1.165) is 0 Å². The van der Waals surface area contributed by atoms with Gasteiger partial charge in [0.2, 0.25) is 0 Å². The molecule has 0 atom stereocenters. The molecule has 106 valence electrons. The topological polar surface area (TPSA) is 47.4 Å². The van der Waals surface area contributed by atoms with Gasteiger partial charge in [0.05, 0.1) is 7.11 Å². The number of rotatable bonds is 4. The van der Waals surface area contributed by atoms with E-state index in [2.05, 4.69) is 4.98 Å². The van der Waals surface area contributed by atoms with Crippen LogP contribution >= 0.6 is 0 Å². The zero-order valence-electron chi connectivity index (χ0n) is 11.4. The molecular weight excluding hydrogens is 261 g/mol. The van der Waals surface area contributed by atoms with Gasteiger partial charge in [0.15, 0.2) is 11.6 Å². The molecular formula is C14H16FN3O2. The van der Waals surface area contributed by atoms with Crippen LogP contribution in [0.5, 0.6) is 5.75 Å². The second-order valence-electron chi connectivity index (χ2n) is 4.24. The Morgan fingerprint density at radius 3 is 2.85 bits per heavy atom. The Kier molecular flexibility index (Phi) is 4.34. The zero-order chi connectivity index (χ0) is 14.5. The highest BCUT2D eigenvalue weighted by molar-refractivity contribution is 5.76. The van der Waals surface area contributed by atoms with Gasteiger partial charge in [-0.15, -0.1) is 0 Å². The van der Waals surface area contributed by atoms with Crippen molar-refractivity contribution in [1.29, 1.82) is 0 Å². The van der Waals surface area contributed by atoms with Gasteiger partial charge in [-0.3, -0.25) is 4.57 Å². The van der Waals surface area contributed by atoms with Gasteiger partial charge in [0.25, 0.3) is 0 Å². The smallest absolute Gasteiger partial charge is 0.329 e. The fraction of sp³-hybridized carbons (Fsp3) is 0.286. The van der Waals surface area contributed by atoms with Crippen molar-refractivity contribution >= 4 is 6.03 Å². The van der Waals surface area contributed by atoms with E-state index in [1.54, 1.807) is 29.4 Å². The molecule has 0 N–H and O–H groups in total. The largest absolute Gasteiger partial charge is 0.494 e. The van der Waals surface area contributed by atoms with E-state index >= 15 is 0 Å². The first-order chi connectivity index (χ1) is 9.65. The number of benzene rings is 1. The summed E-state index contributed by atoms with van der Waals surface area (Å²) in [5.74, 6) is -0.242. The number of amides is 1. The number of halogens is 1. The average Bonchev–Trinajstić information content (AvgIpc) is 2.98. The number of nitrogens with zero attached hydrogens (tertiary/aromatic N) is 3. The number of hydrogen-bond acceptors (Lipinski definition) is 3. The van der Waals surface area contributed by atoms with Crippen molar-refractivity contribution in [2.45, 2.75) is 13.5 Å². The predicted molar refractivity (Wildman–Crippen MR) is 72.1 cm³/mol. The molecule has 0 spiro atoms. The van der Waals surface area contributed by atoms with Gasteiger partial charge >= 0.3 is 6.03 Å². The van der Waals surface area contributed by atoms with Crippen LogP contribution in [0.15, 0.2) is 36.9 Å². The molecule has 6 heteroatoms. The number of imidazole rings is 1. The summed E-state index contributed by atoms with van der Waals surface area (Å²) in [6, 6.07) is 4.48. The Hall–Kier alpha value is -2.37. The minimum atomic E-state index is -0.434. The molecule has 0 saturated carbocycles. The summed E-state index contributed by atoms with van der Waals surface area (Å²) in [6.07, 6.45) is 4.57. The van der Waals surface area contributed by atoms with E-state index < -0.39 is 5.82 Å². The van der Waals surface area contributed by atoms with E-state index in [9.17, 15) is 9.18 Å². The molecule has 0 radical (unpaired) electrons. The highest BCUT2D eigenvalue weighted by atomic mass is 19.1. The fourth-order valence-electron chi connectivity index (χ4n) is 1.88. The quantitative estimate of drug-likeness (QED) is 0.862. The van der Waals surface area contributed by atoms with E-state index in [4.69, 9.17) is 4.74 Å². The van der Waals surface area contributed by atoms with E-state index in [-0.39, 0.29) is 11.8 Å². The number of carbonyl (C=O) groups excluding carboxylic acids is 1. The van der Waals surface area contributed by atoms with Crippen LogP contribution in [0.25, 0.3) is 0 Å². The van der Waals surface area contributed by atoms with Gasteiger partial charge in [-0.2, -0.15) is 0 Å². The summed E-state index contributed by atoms with van der Waals surface area (Å²) in [5.41, 5.74) is 0.707. The van der Waals surface area contributed by atoms with Crippen molar-refractivity contribution in [1.82, 2.24) is 14.5 Å². The lowest BCUT2D eigenvalue weighted by Crippen LogP contribution is -2.33. The summed E-state index contributed by atoms with van der Waals surface area (Å²) in [5, 5.41) is 0. The summed E-state index contributed by atoms with van der Waals surface area (Å²) in [7, 11) is 1.42. The fourth-order valence-corrected chi connectivity index (χ4v) is 1.88. The second-order valence-corrected chi connectivity index (χ2v) is 4.24. The molecule has 1 amide bonds. The molecule has 1 heterocycles. The molecule has 0 aliphatic rings. The number of aromatic nitrogens is 2. The molecule has 20 heavy (non-hydrogen) atoms. The number of carbonyl (C=O) groups is 1. The third kappa shape index (κ3) is 2.96. The average molecular weight is 277 g/mol. The Balaban J connectivity index is 2.14. The lowest BCUT2D eigenvalue weighted by Gasteiger charge is -2.21. The number of hydrogen-bond donors (Lipinski definition) is 0. The maximum absolute atomic E-state index is 13.6. The van der Waals surface area contributed by atoms with Crippen LogP contribution < -0.4 is 4.74 Å². The van der Waals surface area contributed by atoms with Crippen molar-refractivity contribution < 1.29 is 13.9 Å². The lowest BCUT2D eigenvalue weighted by molar-refractivity contribution is 0.199. The Labute approximate surface area is 116 Å². The molecule has 0 bridgehead atoms. The SMILES string of the molecule is CCN(Cc1ccc(OC)c(F)c1)C(=O)n1ccnc1. The van der Waals surface area contributed by atoms with Crippen LogP contribution in [0.3, 0.4) is 0 Å². The van der Waals surface area contributed by atoms with Crippen molar-refractivity contribution in [3.05, 3.63) is 48.3 Å². The molecule has 2 aromatic rings. The predicted octanol–water partition coefficient (Wildman–Crippen LogP) is 2.52. The van der Waals surface area contributed by atoms with Gasteiger partial charge in [-0.1, -0.05) is 6.07 Å². The minimum absolute atomic E-state index is 0.192. The molecule has 0 fully saturated rings.